The Labute approximate surface area is 160 Å². The predicted octanol–water partition coefficient (Wildman–Crippen LogP) is 4.38. The van der Waals surface area contributed by atoms with Gasteiger partial charge in [0, 0.05) is 49.3 Å². The third-order valence-electron chi connectivity index (χ3n) is 5.63. The fraction of sp³-hybridized carbons (Fsp3) is 0.474. The summed E-state index contributed by atoms with van der Waals surface area (Å²) in [7, 11) is 3.80. The fourth-order valence-corrected chi connectivity index (χ4v) is 4.83. The molecule has 0 bridgehead atoms. The topological polar surface area (TPSA) is 24.9 Å². The number of thiol groups is 1. The van der Waals surface area contributed by atoms with Gasteiger partial charge in [0.2, 0.25) is 0 Å². The van der Waals surface area contributed by atoms with Gasteiger partial charge in [-0.05, 0) is 55.5 Å². The van der Waals surface area contributed by atoms with E-state index < -0.39 is 0 Å². The lowest BCUT2D eigenvalue weighted by atomic mass is 9.84. The van der Waals surface area contributed by atoms with E-state index in [-0.39, 0.29) is 5.54 Å². The molecular formula is C19H25ClN2O2S. The Morgan fingerprint density at radius 3 is 2.24 bits per heavy atom. The van der Waals surface area contributed by atoms with Crippen molar-refractivity contribution in [3.63, 3.8) is 0 Å². The average molecular weight is 381 g/mol. The van der Waals surface area contributed by atoms with E-state index in [1.807, 2.05) is 17.2 Å². The number of hydroxylamine groups is 2. The summed E-state index contributed by atoms with van der Waals surface area (Å²) in [5.74, 6) is 0.882. The Kier molecular flexibility index (Phi) is 5.13. The second kappa shape index (κ2) is 6.88. The van der Waals surface area contributed by atoms with Crippen LogP contribution < -0.4 is 0 Å². The quantitative estimate of drug-likeness (QED) is 0.621. The maximum atomic E-state index is 6.22. The summed E-state index contributed by atoms with van der Waals surface area (Å²) in [5.41, 5.74) is 5.13. The average Bonchev–Trinajstić information content (AvgIpc) is 2.77. The molecule has 1 aromatic rings. The fourth-order valence-electron chi connectivity index (χ4n) is 4.24. The van der Waals surface area contributed by atoms with Crippen molar-refractivity contribution >= 4 is 30.1 Å². The van der Waals surface area contributed by atoms with Gasteiger partial charge < -0.3 is 13.9 Å². The molecule has 1 aromatic carbocycles. The van der Waals surface area contributed by atoms with Gasteiger partial charge in [0.1, 0.15) is 11.3 Å². The van der Waals surface area contributed by atoms with Crippen molar-refractivity contribution in [3.8, 4) is 0 Å². The van der Waals surface area contributed by atoms with Gasteiger partial charge in [-0.15, -0.1) is 0 Å². The van der Waals surface area contributed by atoms with Crippen molar-refractivity contribution in [1.82, 2.24) is 9.96 Å². The number of piperidine rings is 1. The lowest BCUT2D eigenvalue weighted by molar-refractivity contribution is -0.156. The predicted molar refractivity (Wildman–Crippen MR) is 105 cm³/mol. The van der Waals surface area contributed by atoms with Gasteiger partial charge in [-0.25, -0.2) is 0 Å². The highest BCUT2D eigenvalue weighted by atomic mass is 35.5. The van der Waals surface area contributed by atoms with Crippen LogP contribution >= 0.6 is 24.5 Å². The minimum atomic E-state index is -0.234. The zero-order chi connectivity index (χ0) is 18.4. The molecule has 2 heterocycles. The van der Waals surface area contributed by atoms with Gasteiger partial charge in [0.05, 0.1) is 7.11 Å². The van der Waals surface area contributed by atoms with Crippen LogP contribution in [0.2, 0.25) is 5.02 Å². The Morgan fingerprint density at radius 1 is 1.20 bits per heavy atom. The number of allylic oxidation sites excluding steroid dienone is 1. The Hall–Kier alpha value is -1.14. The molecule has 25 heavy (non-hydrogen) atoms. The molecule has 1 spiro atoms. The first-order valence-electron chi connectivity index (χ1n) is 8.41. The van der Waals surface area contributed by atoms with Crippen molar-refractivity contribution in [2.75, 3.05) is 27.2 Å². The summed E-state index contributed by atoms with van der Waals surface area (Å²) in [4.78, 5) is 7.63. The summed E-state index contributed by atoms with van der Waals surface area (Å²) in [6.45, 7) is 10.2. The van der Waals surface area contributed by atoms with E-state index in [1.54, 1.807) is 7.11 Å². The standard InChI is InChI=1S/C19H25ClN2O2S/c1-12-10-15(20)11-13(2)16(12)17-14(3)21(4)19(18(17)24-25)6-8-22(23-5)9-7-19/h10-11,25H,3,6-9H2,1-2,4-5H3. The Morgan fingerprint density at radius 2 is 1.76 bits per heavy atom. The number of rotatable bonds is 3. The third kappa shape index (κ3) is 2.87. The first kappa shape index (κ1) is 18.6. The molecule has 0 radical (unpaired) electrons. The molecule has 0 amide bonds. The van der Waals surface area contributed by atoms with Gasteiger partial charge in [0.15, 0.2) is 0 Å². The maximum Gasteiger partial charge on any atom is 0.149 e. The molecule has 3 rings (SSSR count). The molecular weight excluding hydrogens is 356 g/mol. The zero-order valence-corrected chi connectivity index (χ0v) is 16.9. The van der Waals surface area contributed by atoms with Crippen LogP contribution in [-0.4, -0.2) is 42.7 Å². The second-order valence-corrected chi connectivity index (χ2v) is 7.48. The second-order valence-electron chi connectivity index (χ2n) is 6.86. The SMILES string of the molecule is C=C1C(c2c(C)cc(Cl)cc2C)=C(OS)C2(CCN(OC)CC2)N1C. The molecule has 0 saturated carbocycles. The molecule has 2 aliphatic rings. The molecule has 4 nitrogen and oxygen atoms in total. The number of likely N-dealkylation sites (N-methyl/N-ethyl adjacent to an activating group) is 1. The molecule has 0 aliphatic carbocycles. The Bertz CT molecular complexity index is 716. The summed E-state index contributed by atoms with van der Waals surface area (Å²) < 4.78 is 5.70. The smallest absolute Gasteiger partial charge is 0.149 e. The first-order chi connectivity index (χ1) is 11.9. The summed E-state index contributed by atoms with van der Waals surface area (Å²) in [6.07, 6.45) is 1.78. The van der Waals surface area contributed by atoms with Crippen molar-refractivity contribution < 1.29 is 9.02 Å². The van der Waals surface area contributed by atoms with E-state index in [1.165, 1.54) is 0 Å². The monoisotopic (exact) mass is 380 g/mol. The normalized spacial score (nSPS) is 20.7. The number of hydrogen-bond donors (Lipinski definition) is 1. The van der Waals surface area contributed by atoms with Crippen molar-refractivity contribution in [2.24, 2.45) is 0 Å². The van der Waals surface area contributed by atoms with E-state index in [0.717, 1.165) is 64.7 Å². The van der Waals surface area contributed by atoms with E-state index >= 15 is 0 Å². The lowest BCUT2D eigenvalue weighted by Crippen LogP contribution is -2.51. The van der Waals surface area contributed by atoms with Crippen LogP contribution in [-0.2, 0) is 9.02 Å². The Balaban J connectivity index is 2.15. The van der Waals surface area contributed by atoms with E-state index in [2.05, 4.69) is 45.3 Å². The molecule has 2 aliphatic heterocycles. The molecule has 0 N–H and O–H groups in total. The van der Waals surface area contributed by atoms with E-state index in [9.17, 15) is 0 Å². The van der Waals surface area contributed by atoms with E-state index in [4.69, 9.17) is 20.6 Å². The number of halogens is 1. The van der Waals surface area contributed by atoms with Crippen LogP contribution in [0.1, 0.15) is 29.5 Å². The van der Waals surface area contributed by atoms with Crippen molar-refractivity contribution in [3.05, 3.63) is 51.9 Å². The molecule has 0 unspecified atom stereocenters. The van der Waals surface area contributed by atoms with Gasteiger partial charge in [0.25, 0.3) is 0 Å². The molecule has 0 aromatic heterocycles. The molecule has 0 atom stereocenters. The number of nitrogens with zero attached hydrogens (tertiary/aromatic N) is 2. The minimum Gasteiger partial charge on any atom is -0.430 e. The van der Waals surface area contributed by atoms with Crippen LogP contribution in [0.3, 0.4) is 0 Å². The number of aryl methyl sites for hydroxylation is 2. The third-order valence-corrected chi connectivity index (χ3v) is 6.03. The summed E-state index contributed by atoms with van der Waals surface area (Å²) >= 11 is 10.5. The zero-order valence-electron chi connectivity index (χ0n) is 15.2. The van der Waals surface area contributed by atoms with Crippen LogP contribution in [0.4, 0.5) is 0 Å². The van der Waals surface area contributed by atoms with Gasteiger partial charge in [-0.2, -0.15) is 5.06 Å². The van der Waals surface area contributed by atoms with Crippen LogP contribution in [0, 0.1) is 13.8 Å². The van der Waals surface area contributed by atoms with E-state index in [0.29, 0.717) is 0 Å². The number of hydrogen-bond acceptors (Lipinski definition) is 5. The molecule has 1 saturated heterocycles. The van der Waals surface area contributed by atoms with Gasteiger partial charge >= 0.3 is 0 Å². The highest BCUT2D eigenvalue weighted by Gasteiger charge is 2.51. The maximum absolute atomic E-state index is 6.22. The minimum absolute atomic E-state index is 0.234. The van der Waals surface area contributed by atoms with Crippen LogP contribution in [0.25, 0.3) is 5.57 Å². The van der Waals surface area contributed by atoms with Gasteiger partial charge in [-0.3, -0.25) is 0 Å². The highest BCUT2D eigenvalue weighted by molar-refractivity contribution is 7.75. The van der Waals surface area contributed by atoms with Crippen molar-refractivity contribution in [1.29, 1.82) is 0 Å². The largest absolute Gasteiger partial charge is 0.430 e. The summed E-state index contributed by atoms with van der Waals surface area (Å²) in [5, 5.41) is 2.72. The van der Waals surface area contributed by atoms with Crippen LogP contribution in [0.15, 0.2) is 30.2 Å². The molecule has 136 valence electrons. The lowest BCUT2D eigenvalue weighted by Gasteiger charge is -2.44. The summed E-state index contributed by atoms with van der Waals surface area (Å²) in [6, 6.07) is 3.97. The number of benzene rings is 1. The molecule has 6 heteroatoms. The van der Waals surface area contributed by atoms with Crippen molar-refractivity contribution in [2.45, 2.75) is 32.2 Å². The molecule has 1 fully saturated rings. The van der Waals surface area contributed by atoms with Crippen LogP contribution in [0.5, 0.6) is 0 Å². The van der Waals surface area contributed by atoms with Gasteiger partial charge in [-0.1, -0.05) is 18.2 Å². The first-order valence-corrected chi connectivity index (χ1v) is 9.15. The highest BCUT2D eigenvalue weighted by Crippen LogP contribution is 2.51.